The fraction of sp³-hybridized carbons (Fsp3) is 0.263. The van der Waals surface area contributed by atoms with Gasteiger partial charge in [0.1, 0.15) is 0 Å². The topological polar surface area (TPSA) is 41.6 Å². The van der Waals surface area contributed by atoms with Gasteiger partial charge in [0.05, 0.1) is 28.8 Å². The Balaban J connectivity index is 2.06. The zero-order valence-electron chi connectivity index (χ0n) is 13.9. The zero-order chi connectivity index (χ0) is 18.9. The maximum absolute atomic E-state index is 13.3. The lowest BCUT2D eigenvalue weighted by atomic mass is 9.98. The van der Waals surface area contributed by atoms with Crippen molar-refractivity contribution in [1.29, 1.82) is 5.26 Å². The number of halogens is 4. The summed E-state index contributed by atoms with van der Waals surface area (Å²) in [5.41, 5.74) is 1.16. The van der Waals surface area contributed by atoms with Gasteiger partial charge in [0.25, 0.3) is 0 Å². The van der Waals surface area contributed by atoms with E-state index in [-0.39, 0.29) is 16.8 Å². The summed E-state index contributed by atoms with van der Waals surface area (Å²) in [6, 6.07) is 12.2. The first kappa shape index (κ1) is 18.5. The Bertz CT molecular complexity index is 986. The lowest BCUT2D eigenvalue weighted by Crippen LogP contribution is -2.05. The van der Waals surface area contributed by atoms with Crippen LogP contribution in [0.25, 0.3) is 16.6 Å². The highest BCUT2D eigenvalue weighted by atomic mass is 79.9. The maximum Gasteiger partial charge on any atom is 0.417 e. The molecule has 3 aromatic rings. The molecule has 0 saturated heterocycles. The smallest absolute Gasteiger partial charge is 0.240 e. The monoisotopic (exact) mass is 421 g/mol. The molecule has 0 radical (unpaired) electrons. The highest BCUT2D eigenvalue weighted by Crippen LogP contribution is 2.37. The second-order valence-corrected chi connectivity index (χ2v) is 6.98. The number of aromatic nitrogens is 2. The van der Waals surface area contributed by atoms with E-state index in [0.717, 1.165) is 18.1 Å². The third-order valence-corrected chi connectivity index (χ3v) is 4.69. The van der Waals surface area contributed by atoms with Crippen LogP contribution in [-0.2, 0) is 12.6 Å². The predicted molar refractivity (Wildman–Crippen MR) is 96.9 cm³/mol. The average Bonchev–Trinajstić information content (AvgIpc) is 3.02. The van der Waals surface area contributed by atoms with Gasteiger partial charge in [-0.2, -0.15) is 23.5 Å². The van der Waals surface area contributed by atoms with Crippen molar-refractivity contribution in [2.75, 3.05) is 0 Å². The lowest BCUT2D eigenvalue weighted by Gasteiger charge is -2.08. The van der Waals surface area contributed by atoms with Crippen LogP contribution in [0.4, 0.5) is 13.2 Å². The molecular weight excluding hydrogens is 407 g/mol. The minimum atomic E-state index is -4.46. The van der Waals surface area contributed by atoms with Gasteiger partial charge in [-0.25, -0.2) is 4.68 Å². The van der Waals surface area contributed by atoms with Crippen LogP contribution in [0.2, 0.25) is 0 Å². The SMILES string of the molecule is CCC(C#N)Cc1cccc(-n2cc3c(C(F)(F)F)cc(Br)cc3n2)c1. The summed E-state index contributed by atoms with van der Waals surface area (Å²) in [7, 11) is 0. The minimum Gasteiger partial charge on any atom is -0.240 e. The molecule has 0 fully saturated rings. The molecule has 0 bridgehead atoms. The molecule has 1 atom stereocenters. The van der Waals surface area contributed by atoms with E-state index >= 15 is 0 Å². The molecule has 3 rings (SSSR count). The fourth-order valence-corrected chi connectivity index (χ4v) is 3.29. The Morgan fingerprint density at radius 1 is 1.27 bits per heavy atom. The van der Waals surface area contributed by atoms with Crippen molar-refractivity contribution in [2.24, 2.45) is 5.92 Å². The van der Waals surface area contributed by atoms with Gasteiger partial charge < -0.3 is 0 Å². The first-order valence-electron chi connectivity index (χ1n) is 8.07. The molecular formula is C19H15BrF3N3. The Morgan fingerprint density at radius 3 is 2.69 bits per heavy atom. The standard InChI is InChI=1S/C19H15BrF3N3/c1-2-12(10-24)6-13-4-3-5-15(7-13)26-11-16-17(19(21,22)23)8-14(20)9-18(16)25-26/h3-5,7-9,11-12H,2,6H2,1H3. The number of hydrogen-bond donors (Lipinski definition) is 0. The van der Waals surface area contributed by atoms with Crippen LogP contribution < -0.4 is 0 Å². The van der Waals surface area contributed by atoms with Gasteiger partial charge in [-0.3, -0.25) is 0 Å². The summed E-state index contributed by atoms with van der Waals surface area (Å²) in [6.07, 6.45) is -1.72. The minimum absolute atomic E-state index is 0.0505. The van der Waals surface area contributed by atoms with Gasteiger partial charge in [-0.15, -0.1) is 0 Å². The van der Waals surface area contributed by atoms with Crippen LogP contribution in [0, 0.1) is 17.2 Å². The third kappa shape index (κ3) is 3.75. The second kappa shape index (κ2) is 7.12. The first-order chi connectivity index (χ1) is 12.3. The van der Waals surface area contributed by atoms with Gasteiger partial charge in [-0.1, -0.05) is 35.0 Å². The van der Waals surface area contributed by atoms with Crippen LogP contribution in [0.1, 0.15) is 24.5 Å². The number of alkyl halides is 3. The van der Waals surface area contributed by atoms with Crippen molar-refractivity contribution < 1.29 is 13.2 Å². The third-order valence-electron chi connectivity index (χ3n) is 4.23. The van der Waals surface area contributed by atoms with E-state index in [2.05, 4.69) is 27.1 Å². The summed E-state index contributed by atoms with van der Waals surface area (Å²) in [5.74, 6) is -0.0882. The van der Waals surface area contributed by atoms with E-state index in [1.807, 2.05) is 25.1 Å². The summed E-state index contributed by atoms with van der Waals surface area (Å²) in [4.78, 5) is 0. The molecule has 0 aliphatic rings. The molecule has 0 amide bonds. The van der Waals surface area contributed by atoms with Gasteiger partial charge >= 0.3 is 6.18 Å². The highest BCUT2D eigenvalue weighted by molar-refractivity contribution is 9.10. The van der Waals surface area contributed by atoms with Gasteiger partial charge in [0.15, 0.2) is 0 Å². The fourth-order valence-electron chi connectivity index (χ4n) is 2.85. The second-order valence-electron chi connectivity index (χ2n) is 6.07. The number of fused-ring (bicyclic) bond motifs is 1. The van der Waals surface area contributed by atoms with Crippen LogP contribution in [0.5, 0.6) is 0 Å². The highest BCUT2D eigenvalue weighted by Gasteiger charge is 2.33. The number of nitrogens with zero attached hydrogens (tertiary/aromatic N) is 3. The normalized spacial score (nSPS) is 12.9. The summed E-state index contributed by atoms with van der Waals surface area (Å²) < 4.78 is 41.7. The van der Waals surface area contributed by atoms with Crippen LogP contribution in [-0.4, -0.2) is 9.78 Å². The molecule has 0 aliphatic heterocycles. The number of rotatable bonds is 4. The van der Waals surface area contributed by atoms with E-state index in [1.165, 1.54) is 10.9 Å². The van der Waals surface area contributed by atoms with E-state index in [9.17, 15) is 13.2 Å². The van der Waals surface area contributed by atoms with Gasteiger partial charge in [-0.05, 0) is 42.7 Å². The molecule has 134 valence electrons. The largest absolute Gasteiger partial charge is 0.417 e. The quantitative estimate of drug-likeness (QED) is 0.526. The van der Waals surface area contributed by atoms with Crippen molar-refractivity contribution in [3.05, 3.63) is 58.2 Å². The maximum atomic E-state index is 13.3. The molecule has 0 aliphatic carbocycles. The molecule has 0 saturated carbocycles. The van der Waals surface area contributed by atoms with Crippen molar-refractivity contribution in [3.63, 3.8) is 0 Å². The zero-order valence-corrected chi connectivity index (χ0v) is 15.5. The van der Waals surface area contributed by atoms with Crippen molar-refractivity contribution in [1.82, 2.24) is 9.78 Å². The Hall–Kier alpha value is -2.33. The average molecular weight is 422 g/mol. The molecule has 0 N–H and O–H groups in total. The summed E-state index contributed by atoms with van der Waals surface area (Å²) >= 11 is 3.12. The van der Waals surface area contributed by atoms with Crippen LogP contribution in [0.3, 0.4) is 0 Å². The Morgan fingerprint density at radius 2 is 2.04 bits per heavy atom. The van der Waals surface area contributed by atoms with Crippen LogP contribution >= 0.6 is 15.9 Å². The number of hydrogen-bond acceptors (Lipinski definition) is 2. The van der Waals surface area contributed by atoms with Crippen molar-refractivity contribution in [2.45, 2.75) is 25.9 Å². The molecule has 1 heterocycles. The van der Waals surface area contributed by atoms with E-state index < -0.39 is 11.7 Å². The van der Waals surface area contributed by atoms with Gasteiger partial charge in [0.2, 0.25) is 0 Å². The van der Waals surface area contributed by atoms with Crippen molar-refractivity contribution >= 4 is 26.8 Å². The molecule has 7 heteroatoms. The summed E-state index contributed by atoms with van der Waals surface area (Å²) in [5, 5.41) is 13.5. The molecule has 3 nitrogen and oxygen atoms in total. The van der Waals surface area contributed by atoms with Gasteiger partial charge in [0, 0.05) is 16.1 Å². The number of nitriles is 1. The molecule has 2 aromatic carbocycles. The molecule has 0 spiro atoms. The van der Waals surface area contributed by atoms with Crippen LogP contribution in [0.15, 0.2) is 47.1 Å². The predicted octanol–water partition coefficient (Wildman–Crippen LogP) is 5.90. The van der Waals surface area contributed by atoms with Crippen molar-refractivity contribution in [3.8, 4) is 11.8 Å². The Labute approximate surface area is 157 Å². The lowest BCUT2D eigenvalue weighted by molar-refractivity contribution is -0.136. The summed E-state index contributed by atoms with van der Waals surface area (Å²) in [6.45, 7) is 1.95. The first-order valence-corrected chi connectivity index (χ1v) is 8.86. The van der Waals surface area contributed by atoms with E-state index in [4.69, 9.17) is 5.26 Å². The van der Waals surface area contributed by atoms with E-state index in [1.54, 1.807) is 12.1 Å². The van der Waals surface area contributed by atoms with E-state index in [0.29, 0.717) is 16.6 Å². The molecule has 1 aromatic heterocycles. The molecule has 1 unspecified atom stereocenters. The molecule has 26 heavy (non-hydrogen) atoms. The number of benzene rings is 2. The Kier molecular flexibility index (Phi) is 5.05.